The van der Waals surface area contributed by atoms with Crippen LogP contribution in [0.4, 0.5) is 0 Å². The molecule has 3 aromatic rings. The van der Waals surface area contributed by atoms with E-state index in [0.29, 0.717) is 29.9 Å². The molecule has 0 saturated carbocycles. The maximum atomic E-state index is 12.2. The van der Waals surface area contributed by atoms with Crippen molar-refractivity contribution in [1.29, 1.82) is 0 Å². The number of hydrogen-bond acceptors (Lipinski definition) is 3. The van der Waals surface area contributed by atoms with Gasteiger partial charge in [0, 0.05) is 5.56 Å². The highest BCUT2D eigenvalue weighted by molar-refractivity contribution is 5.79. The molecule has 0 amide bonds. The van der Waals surface area contributed by atoms with Crippen LogP contribution in [0.25, 0.3) is 22.3 Å². The van der Waals surface area contributed by atoms with Gasteiger partial charge in [-0.25, -0.2) is 4.98 Å². The zero-order chi connectivity index (χ0) is 15.4. The van der Waals surface area contributed by atoms with Crippen molar-refractivity contribution in [3.63, 3.8) is 0 Å². The smallest absolute Gasteiger partial charge is 0.259 e. The molecule has 0 unspecified atom stereocenters. The largest absolute Gasteiger partial charge is 0.373 e. The summed E-state index contributed by atoms with van der Waals surface area (Å²) in [6.07, 6.45) is 1.71. The maximum absolute atomic E-state index is 12.2. The molecule has 1 heterocycles. The van der Waals surface area contributed by atoms with Crippen molar-refractivity contribution in [3.05, 3.63) is 77.1 Å². The first kappa shape index (κ1) is 14.2. The summed E-state index contributed by atoms with van der Waals surface area (Å²) in [6, 6.07) is 15.1. The Bertz CT molecular complexity index is 868. The number of benzene rings is 2. The predicted octanol–water partition coefficient (Wildman–Crippen LogP) is 3.29. The minimum absolute atomic E-state index is 0.137. The normalized spacial score (nSPS) is 10.7. The Morgan fingerprint density at radius 3 is 2.77 bits per heavy atom. The average molecular weight is 292 g/mol. The second kappa shape index (κ2) is 6.37. The van der Waals surface area contributed by atoms with E-state index in [2.05, 4.69) is 16.5 Å². The lowest BCUT2D eigenvalue weighted by Crippen LogP contribution is -2.10. The molecule has 4 heteroatoms. The van der Waals surface area contributed by atoms with Gasteiger partial charge < -0.3 is 9.72 Å². The van der Waals surface area contributed by atoms with Gasteiger partial charge in [-0.1, -0.05) is 42.5 Å². The molecule has 3 rings (SSSR count). The molecule has 0 aliphatic heterocycles. The van der Waals surface area contributed by atoms with Crippen LogP contribution in [-0.4, -0.2) is 16.6 Å². The molecule has 0 aliphatic carbocycles. The summed E-state index contributed by atoms with van der Waals surface area (Å²) >= 11 is 0. The molecule has 0 radical (unpaired) electrons. The van der Waals surface area contributed by atoms with Crippen LogP contribution in [0.1, 0.15) is 5.56 Å². The third kappa shape index (κ3) is 2.82. The van der Waals surface area contributed by atoms with Crippen LogP contribution in [0.2, 0.25) is 0 Å². The Labute approximate surface area is 128 Å². The summed E-state index contributed by atoms with van der Waals surface area (Å²) < 4.78 is 5.51. The molecule has 22 heavy (non-hydrogen) atoms. The number of hydrogen-bond donors (Lipinski definition) is 1. The molecule has 0 saturated heterocycles. The predicted molar refractivity (Wildman–Crippen MR) is 87.7 cm³/mol. The van der Waals surface area contributed by atoms with Crippen molar-refractivity contribution in [2.75, 3.05) is 6.61 Å². The van der Waals surface area contributed by atoms with Crippen LogP contribution in [0, 0.1) is 0 Å². The minimum atomic E-state index is -0.137. The fourth-order valence-corrected chi connectivity index (χ4v) is 2.34. The van der Waals surface area contributed by atoms with Gasteiger partial charge >= 0.3 is 0 Å². The number of H-pyrrole nitrogens is 1. The van der Waals surface area contributed by atoms with Crippen LogP contribution in [0.5, 0.6) is 0 Å². The van der Waals surface area contributed by atoms with Crippen LogP contribution in [0.15, 0.2) is 66.0 Å². The first-order valence-corrected chi connectivity index (χ1v) is 7.05. The van der Waals surface area contributed by atoms with Crippen LogP contribution in [0.3, 0.4) is 0 Å². The number of para-hydroxylation sites is 1. The van der Waals surface area contributed by atoms with Crippen molar-refractivity contribution in [2.24, 2.45) is 0 Å². The number of nitrogens with zero attached hydrogens (tertiary/aromatic N) is 1. The Hall–Kier alpha value is -2.72. The fraction of sp³-hybridized carbons (Fsp3) is 0.111. The highest BCUT2D eigenvalue weighted by Crippen LogP contribution is 2.21. The number of aromatic nitrogens is 2. The molecule has 1 N–H and O–H groups in total. The van der Waals surface area contributed by atoms with Crippen LogP contribution < -0.4 is 5.56 Å². The molecule has 110 valence electrons. The van der Waals surface area contributed by atoms with E-state index >= 15 is 0 Å². The quantitative estimate of drug-likeness (QED) is 0.580. The first-order chi connectivity index (χ1) is 10.8. The molecule has 1 aromatic heterocycles. The summed E-state index contributed by atoms with van der Waals surface area (Å²) in [7, 11) is 0. The van der Waals surface area contributed by atoms with Crippen molar-refractivity contribution >= 4 is 10.9 Å². The lowest BCUT2D eigenvalue weighted by atomic mass is 10.1. The number of aromatic amines is 1. The van der Waals surface area contributed by atoms with Gasteiger partial charge in [0.05, 0.1) is 24.1 Å². The zero-order valence-electron chi connectivity index (χ0n) is 12.1. The third-order valence-electron chi connectivity index (χ3n) is 3.38. The standard InChI is InChI=1S/C18H16N2O2/c1-2-11-22-12-13-7-3-4-8-14(13)17-19-16-10-6-5-9-15(16)18(21)20-17/h2-10H,1,11-12H2,(H,19,20,21). The zero-order valence-corrected chi connectivity index (χ0v) is 12.1. The number of ether oxygens (including phenoxy) is 1. The second-order valence-corrected chi connectivity index (χ2v) is 4.89. The SMILES string of the molecule is C=CCOCc1ccccc1-c1nc2ccccc2c(=O)[nH]1. The molecule has 0 bridgehead atoms. The Morgan fingerprint density at radius 2 is 1.91 bits per heavy atom. The average Bonchev–Trinajstić information content (AvgIpc) is 2.55. The van der Waals surface area contributed by atoms with Gasteiger partial charge in [0.2, 0.25) is 0 Å². The fourth-order valence-electron chi connectivity index (χ4n) is 2.34. The molecule has 0 atom stereocenters. The number of fused-ring (bicyclic) bond motifs is 1. The molecular weight excluding hydrogens is 276 g/mol. The van der Waals surface area contributed by atoms with E-state index < -0.39 is 0 Å². The Kier molecular flexibility index (Phi) is 4.12. The monoisotopic (exact) mass is 292 g/mol. The minimum Gasteiger partial charge on any atom is -0.373 e. The summed E-state index contributed by atoms with van der Waals surface area (Å²) in [6.45, 7) is 4.56. The molecule has 0 spiro atoms. The van der Waals surface area contributed by atoms with Gasteiger partial charge in [0.1, 0.15) is 5.82 Å². The van der Waals surface area contributed by atoms with Crippen molar-refractivity contribution < 1.29 is 4.74 Å². The second-order valence-electron chi connectivity index (χ2n) is 4.89. The third-order valence-corrected chi connectivity index (χ3v) is 3.38. The lowest BCUT2D eigenvalue weighted by molar-refractivity contribution is 0.149. The van der Waals surface area contributed by atoms with E-state index in [4.69, 9.17) is 4.74 Å². The molecule has 4 nitrogen and oxygen atoms in total. The molecular formula is C18H16N2O2. The van der Waals surface area contributed by atoms with Crippen molar-refractivity contribution in [1.82, 2.24) is 9.97 Å². The molecule has 0 fully saturated rings. The number of rotatable bonds is 5. The van der Waals surface area contributed by atoms with Crippen molar-refractivity contribution in [2.45, 2.75) is 6.61 Å². The summed E-state index contributed by atoms with van der Waals surface area (Å²) in [5, 5.41) is 0.589. The van der Waals surface area contributed by atoms with E-state index in [9.17, 15) is 4.79 Å². The van der Waals surface area contributed by atoms with E-state index in [-0.39, 0.29) is 5.56 Å². The molecule has 0 aliphatic rings. The lowest BCUT2D eigenvalue weighted by Gasteiger charge is -2.09. The van der Waals surface area contributed by atoms with E-state index in [1.54, 1.807) is 12.1 Å². The molecule has 2 aromatic carbocycles. The van der Waals surface area contributed by atoms with E-state index in [0.717, 1.165) is 11.1 Å². The number of nitrogens with one attached hydrogen (secondary N) is 1. The van der Waals surface area contributed by atoms with Gasteiger partial charge in [0.15, 0.2) is 0 Å². The summed E-state index contributed by atoms with van der Waals surface area (Å²) in [5.74, 6) is 0.557. The van der Waals surface area contributed by atoms with Gasteiger partial charge in [-0.3, -0.25) is 4.79 Å². The highest BCUT2D eigenvalue weighted by Gasteiger charge is 2.09. The van der Waals surface area contributed by atoms with Gasteiger partial charge in [-0.2, -0.15) is 0 Å². The van der Waals surface area contributed by atoms with Gasteiger partial charge in [0.25, 0.3) is 5.56 Å². The van der Waals surface area contributed by atoms with Crippen molar-refractivity contribution in [3.8, 4) is 11.4 Å². The maximum Gasteiger partial charge on any atom is 0.259 e. The Morgan fingerprint density at radius 1 is 1.14 bits per heavy atom. The van der Waals surface area contributed by atoms with Gasteiger partial charge in [-0.05, 0) is 17.7 Å². The highest BCUT2D eigenvalue weighted by atomic mass is 16.5. The van der Waals surface area contributed by atoms with Crippen LogP contribution >= 0.6 is 0 Å². The van der Waals surface area contributed by atoms with Crippen LogP contribution in [-0.2, 0) is 11.3 Å². The van der Waals surface area contributed by atoms with E-state index in [1.807, 2.05) is 42.5 Å². The summed E-state index contributed by atoms with van der Waals surface area (Å²) in [4.78, 5) is 19.6. The topological polar surface area (TPSA) is 55.0 Å². The summed E-state index contributed by atoms with van der Waals surface area (Å²) in [5.41, 5.74) is 2.39. The van der Waals surface area contributed by atoms with Gasteiger partial charge in [-0.15, -0.1) is 6.58 Å². The Balaban J connectivity index is 2.07. The van der Waals surface area contributed by atoms with E-state index in [1.165, 1.54) is 0 Å². The first-order valence-electron chi connectivity index (χ1n) is 7.05.